The Hall–Kier alpha value is -1.56. The van der Waals surface area contributed by atoms with Crippen LogP contribution in [0.5, 0.6) is 5.75 Å². The van der Waals surface area contributed by atoms with E-state index in [1.807, 2.05) is 29.2 Å². The third kappa shape index (κ3) is 5.51. The van der Waals surface area contributed by atoms with Crippen LogP contribution in [0.25, 0.3) is 0 Å². The van der Waals surface area contributed by atoms with Crippen molar-refractivity contribution in [2.24, 2.45) is 0 Å². The molecule has 2 rings (SSSR count). The second kappa shape index (κ2) is 11.1. The van der Waals surface area contributed by atoms with Crippen LogP contribution in [0.2, 0.25) is 0 Å². The van der Waals surface area contributed by atoms with E-state index in [0.29, 0.717) is 19.6 Å². The van der Waals surface area contributed by atoms with Crippen LogP contribution in [0.1, 0.15) is 24.4 Å². The first-order valence-electron chi connectivity index (χ1n) is 8.09. The molecule has 1 heterocycles. The average molecular weight is 355 g/mol. The zero-order valence-electron chi connectivity index (χ0n) is 14.2. The summed E-state index contributed by atoms with van der Waals surface area (Å²) in [6, 6.07) is 7.92. The largest absolute Gasteiger partial charge is 0.496 e. The van der Waals surface area contributed by atoms with E-state index in [9.17, 15) is 4.79 Å². The summed E-state index contributed by atoms with van der Waals surface area (Å²) in [7, 11) is 1.66. The summed E-state index contributed by atoms with van der Waals surface area (Å²) in [5.74, 6) is 0.998. The lowest BCUT2D eigenvalue weighted by atomic mass is 10.0. The molecule has 1 saturated heterocycles. The minimum atomic E-state index is 0. The molecule has 0 aromatic heterocycles. The number of hydrogen-bond acceptors (Lipinski definition) is 4. The molecule has 0 saturated carbocycles. The van der Waals surface area contributed by atoms with E-state index in [0.717, 1.165) is 37.4 Å². The highest BCUT2D eigenvalue weighted by Gasteiger charge is 2.29. The zero-order chi connectivity index (χ0) is 16.5. The van der Waals surface area contributed by atoms with E-state index in [1.54, 1.807) is 13.2 Å². The molecule has 0 bridgehead atoms. The van der Waals surface area contributed by atoms with Crippen LogP contribution in [0.3, 0.4) is 0 Å². The Morgan fingerprint density at radius 2 is 2.25 bits per heavy atom. The summed E-state index contributed by atoms with van der Waals surface area (Å²) in [5.41, 5.74) is 1.05. The SMILES string of the molecule is C=CCOCCCC(=O)N1CCNCC1c1ccccc1OC.Cl. The summed E-state index contributed by atoms with van der Waals surface area (Å²) in [6.45, 7) is 7.02. The van der Waals surface area contributed by atoms with Gasteiger partial charge in [-0.3, -0.25) is 4.79 Å². The molecule has 6 heteroatoms. The topological polar surface area (TPSA) is 50.8 Å². The van der Waals surface area contributed by atoms with E-state index in [4.69, 9.17) is 9.47 Å². The lowest BCUT2D eigenvalue weighted by Gasteiger charge is -2.37. The van der Waals surface area contributed by atoms with Gasteiger partial charge in [-0.15, -0.1) is 19.0 Å². The van der Waals surface area contributed by atoms with Gasteiger partial charge in [0.15, 0.2) is 0 Å². The fourth-order valence-electron chi connectivity index (χ4n) is 2.86. The van der Waals surface area contributed by atoms with Crippen LogP contribution < -0.4 is 10.1 Å². The molecule has 5 nitrogen and oxygen atoms in total. The Bertz CT molecular complexity index is 525. The summed E-state index contributed by atoms with van der Waals surface area (Å²) in [5, 5.41) is 3.37. The Morgan fingerprint density at radius 3 is 3.00 bits per heavy atom. The molecule has 1 atom stereocenters. The van der Waals surface area contributed by atoms with Crippen LogP contribution in [-0.2, 0) is 9.53 Å². The predicted octanol–water partition coefficient (Wildman–Crippen LogP) is 2.57. The lowest BCUT2D eigenvalue weighted by molar-refractivity contribution is -0.134. The van der Waals surface area contributed by atoms with Crippen LogP contribution in [0, 0.1) is 0 Å². The number of ether oxygens (including phenoxy) is 2. The number of para-hydroxylation sites is 1. The summed E-state index contributed by atoms with van der Waals surface area (Å²) in [6.07, 6.45) is 2.95. The van der Waals surface area contributed by atoms with Crippen LogP contribution >= 0.6 is 12.4 Å². The predicted molar refractivity (Wildman–Crippen MR) is 97.8 cm³/mol. The van der Waals surface area contributed by atoms with E-state index >= 15 is 0 Å². The number of rotatable bonds is 8. The number of nitrogens with zero attached hydrogens (tertiary/aromatic N) is 1. The van der Waals surface area contributed by atoms with E-state index in [1.165, 1.54) is 0 Å². The molecule has 24 heavy (non-hydrogen) atoms. The van der Waals surface area contributed by atoms with Gasteiger partial charge in [0.1, 0.15) is 5.75 Å². The smallest absolute Gasteiger partial charge is 0.223 e. The molecule has 1 amide bonds. The normalized spacial score (nSPS) is 17.0. The summed E-state index contributed by atoms with van der Waals surface area (Å²) < 4.78 is 10.8. The average Bonchev–Trinajstić information content (AvgIpc) is 2.61. The third-order valence-electron chi connectivity index (χ3n) is 3.98. The first-order chi connectivity index (χ1) is 11.3. The molecule has 1 aromatic carbocycles. The van der Waals surface area contributed by atoms with Gasteiger partial charge in [0.25, 0.3) is 0 Å². The highest BCUT2D eigenvalue weighted by atomic mass is 35.5. The van der Waals surface area contributed by atoms with Gasteiger partial charge in [-0.05, 0) is 12.5 Å². The van der Waals surface area contributed by atoms with E-state index < -0.39 is 0 Å². The Morgan fingerprint density at radius 1 is 1.46 bits per heavy atom. The van der Waals surface area contributed by atoms with Crippen LogP contribution in [0.4, 0.5) is 0 Å². The minimum Gasteiger partial charge on any atom is -0.496 e. The highest BCUT2D eigenvalue weighted by Crippen LogP contribution is 2.30. The minimum absolute atomic E-state index is 0. The molecule has 1 N–H and O–H groups in total. The standard InChI is InChI=1S/C18H26N2O3.ClH/c1-3-12-23-13-6-9-18(21)20-11-10-19-14-16(20)15-7-4-5-8-17(15)22-2;/h3-5,7-8,16,19H,1,6,9-14H2,2H3;1H. The number of carbonyl (C=O) groups is 1. The maximum Gasteiger partial charge on any atom is 0.223 e. The van der Waals surface area contributed by atoms with Gasteiger partial charge in [0.2, 0.25) is 5.91 Å². The van der Waals surface area contributed by atoms with Crippen molar-refractivity contribution in [3.05, 3.63) is 42.5 Å². The maximum atomic E-state index is 12.6. The third-order valence-corrected chi connectivity index (χ3v) is 3.98. The first-order valence-corrected chi connectivity index (χ1v) is 8.09. The fraction of sp³-hybridized carbons (Fsp3) is 0.500. The Balaban J connectivity index is 0.00000288. The van der Waals surface area contributed by atoms with Crippen molar-refractivity contribution < 1.29 is 14.3 Å². The van der Waals surface area contributed by atoms with Crippen molar-refractivity contribution >= 4 is 18.3 Å². The second-order valence-electron chi connectivity index (χ2n) is 5.52. The first kappa shape index (κ1) is 20.5. The van der Waals surface area contributed by atoms with Gasteiger partial charge in [-0.25, -0.2) is 0 Å². The number of piperazine rings is 1. The maximum absolute atomic E-state index is 12.6. The molecular weight excluding hydrogens is 328 g/mol. The molecule has 134 valence electrons. The van der Waals surface area contributed by atoms with E-state index in [2.05, 4.69) is 11.9 Å². The number of halogens is 1. The number of carbonyl (C=O) groups excluding carboxylic acids is 1. The van der Waals surface area contributed by atoms with Crippen LogP contribution in [-0.4, -0.2) is 50.8 Å². The van der Waals surface area contributed by atoms with Crippen molar-refractivity contribution in [3.8, 4) is 5.75 Å². The van der Waals surface area contributed by atoms with Crippen molar-refractivity contribution in [1.29, 1.82) is 0 Å². The van der Waals surface area contributed by atoms with E-state index in [-0.39, 0.29) is 24.4 Å². The molecule has 0 radical (unpaired) electrons. The van der Waals surface area contributed by atoms with Gasteiger partial charge in [-0.1, -0.05) is 24.3 Å². The molecule has 0 aliphatic carbocycles. The van der Waals surface area contributed by atoms with Gasteiger partial charge >= 0.3 is 0 Å². The molecule has 1 aliphatic rings. The molecule has 1 fully saturated rings. The molecule has 1 unspecified atom stereocenters. The Kier molecular flexibility index (Phi) is 9.45. The molecule has 1 aliphatic heterocycles. The second-order valence-corrected chi connectivity index (χ2v) is 5.52. The summed E-state index contributed by atoms with van der Waals surface area (Å²) in [4.78, 5) is 14.6. The summed E-state index contributed by atoms with van der Waals surface area (Å²) >= 11 is 0. The Labute approximate surface area is 150 Å². The van der Waals surface area contributed by atoms with Crippen molar-refractivity contribution in [1.82, 2.24) is 10.2 Å². The molecule has 0 spiro atoms. The van der Waals surface area contributed by atoms with Gasteiger partial charge in [0, 0.05) is 38.2 Å². The zero-order valence-corrected chi connectivity index (χ0v) is 15.0. The number of benzene rings is 1. The van der Waals surface area contributed by atoms with Crippen molar-refractivity contribution in [3.63, 3.8) is 0 Å². The monoisotopic (exact) mass is 354 g/mol. The number of amides is 1. The van der Waals surface area contributed by atoms with Crippen molar-refractivity contribution in [2.75, 3.05) is 40.0 Å². The van der Waals surface area contributed by atoms with Crippen LogP contribution in [0.15, 0.2) is 36.9 Å². The van der Waals surface area contributed by atoms with Gasteiger partial charge in [0.05, 0.1) is 19.8 Å². The molecular formula is C18H27ClN2O3. The quantitative estimate of drug-likeness (QED) is 0.576. The number of hydrogen-bond donors (Lipinski definition) is 1. The fourth-order valence-corrected chi connectivity index (χ4v) is 2.86. The highest BCUT2D eigenvalue weighted by molar-refractivity contribution is 5.85. The number of nitrogens with one attached hydrogen (secondary N) is 1. The van der Waals surface area contributed by atoms with Crippen molar-refractivity contribution in [2.45, 2.75) is 18.9 Å². The molecule has 1 aromatic rings. The lowest BCUT2D eigenvalue weighted by Crippen LogP contribution is -2.48. The van der Waals surface area contributed by atoms with Gasteiger partial charge in [-0.2, -0.15) is 0 Å². The number of methoxy groups -OCH3 is 1. The van der Waals surface area contributed by atoms with Gasteiger partial charge < -0.3 is 19.7 Å².